The third kappa shape index (κ3) is 2.81. The number of aromatic nitrogens is 7. The Labute approximate surface area is 174 Å². The third-order valence-corrected chi connectivity index (χ3v) is 6.26. The van der Waals surface area contributed by atoms with Gasteiger partial charge in [0, 0.05) is 28.7 Å². The van der Waals surface area contributed by atoms with Gasteiger partial charge in [0.25, 0.3) is 5.56 Å². The van der Waals surface area contributed by atoms with Crippen LogP contribution in [0, 0.1) is 0 Å². The summed E-state index contributed by atoms with van der Waals surface area (Å²) in [6.45, 7) is 0. The number of hydrogen-bond acceptors (Lipinski definition) is 6. The van der Waals surface area contributed by atoms with Crippen molar-refractivity contribution in [2.75, 3.05) is 0 Å². The van der Waals surface area contributed by atoms with Crippen molar-refractivity contribution in [1.29, 1.82) is 0 Å². The maximum absolute atomic E-state index is 12.7. The molecular weight excluding hydrogens is 398 g/mol. The Morgan fingerprint density at radius 1 is 1.00 bits per heavy atom. The van der Waals surface area contributed by atoms with Gasteiger partial charge in [-0.2, -0.15) is 4.68 Å². The summed E-state index contributed by atoms with van der Waals surface area (Å²) in [7, 11) is 0. The van der Waals surface area contributed by atoms with Crippen LogP contribution in [0.1, 0.15) is 18.9 Å². The molecule has 6 rings (SSSR count). The van der Waals surface area contributed by atoms with E-state index in [-0.39, 0.29) is 5.56 Å². The van der Waals surface area contributed by atoms with Gasteiger partial charge in [0.15, 0.2) is 11.0 Å². The van der Waals surface area contributed by atoms with E-state index in [9.17, 15) is 4.79 Å². The smallest absolute Gasteiger partial charge is 0.278 e. The Bertz CT molecular complexity index is 1450. The second-order valence-corrected chi connectivity index (χ2v) is 8.25. The minimum atomic E-state index is -0.151. The van der Waals surface area contributed by atoms with Crippen LogP contribution in [0.15, 0.2) is 64.7 Å². The lowest BCUT2D eigenvalue weighted by molar-refractivity contribution is 0.634. The molecule has 1 N–H and O–H groups in total. The zero-order chi connectivity index (χ0) is 20.1. The monoisotopic (exact) mass is 415 g/mol. The summed E-state index contributed by atoms with van der Waals surface area (Å²) >= 11 is 1.45. The van der Waals surface area contributed by atoms with Gasteiger partial charge in [-0.1, -0.05) is 47.3 Å². The van der Waals surface area contributed by atoms with Gasteiger partial charge in [-0.3, -0.25) is 9.36 Å². The first kappa shape index (κ1) is 17.4. The number of H-pyrrole nitrogens is 1. The molecule has 30 heavy (non-hydrogen) atoms. The van der Waals surface area contributed by atoms with E-state index in [1.54, 1.807) is 12.1 Å². The number of nitrogens with one attached hydrogen (secondary N) is 1. The van der Waals surface area contributed by atoms with Crippen molar-refractivity contribution >= 4 is 33.6 Å². The summed E-state index contributed by atoms with van der Waals surface area (Å²) in [6, 6.07) is 15.8. The van der Waals surface area contributed by atoms with Crippen LogP contribution < -0.4 is 5.56 Å². The highest BCUT2D eigenvalue weighted by atomic mass is 32.2. The van der Waals surface area contributed by atoms with Gasteiger partial charge in [0.05, 0.1) is 11.3 Å². The van der Waals surface area contributed by atoms with E-state index in [4.69, 9.17) is 0 Å². The van der Waals surface area contributed by atoms with E-state index in [0.717, 1.165) is 40.3 Å². The van der Waals surface area contributed by atoms with Gasteiger partial charge in [-0.15, -0.1) is 15.3 Å². The summed E-state index contributed by atoms with van der Waals surface area (Å²) in [5, 5.41) is 19.7. The molecule has 1 saturated carbocycles. The van der Waals surface area contributed by atoms with Crippen molar-refractivity contribution in [1.82, 2.24) is 34.7 Å². The molecule has 3 heterocycles. The van der Waals surface area contributed by atoms with Gasteiger partial charge in [0.2, 0.25) is 0 Å². The van der Waals surface area contributed by atoms with Crippen molar-refractivity contribution in [2.45, 2.75) is 29.9 Å². The second kappa shape index (κ2) is 6.81. The quantitative estimate of drug-likeness (QED) is 0.441. The molecule has 1 fully saturated rings. The third-order valence-electron chi connectivity index (χ3n) is 5.35. The van der Waals surface area contributed by atoms with E-state index < -0.39 is 0 Å². The largest absolute Gasteiger partial charge is 0.360 e. The SMILES string of the molecule is O=c1c2ccccc2nnn1CSc1nnc(-c2c[nH]c3ccccc23)n1C1CC1. The maximum atomic E-state index is 12.7. The van der Waals surface area contributed by atoms with E-state index in [1.165, 1.54) is 16.4 Å². The van der Waals surface area contributed by atoms with Crippen molar-refractivity contribution < 1.29 is 0 Å². The molecule has 0 radical (unpaired) electrons. The Hall–Kier alpha value is -3.46. The predicted octanol–water partition coefficient (Wildman–Crippen LogP) is 3.62. The van der Waals surface area contributed by atoms with Crippen LogP contribution in [0.2, 0.25) is 0 Å². The van der Waals surface area contributed by atoms with Crippen LogP contribution in [-0.4, -0.2) is 34.7 Å². The van der Waals surface area contributed by atoms with E-state index in [2.05, 4.69) is 42.2 Å². The van der Waals surface area contributed by atoms with E-state index in [1.807, 2.05) is 30.5 Å². The molecule has 0 bridgehead atoms. The first-order chi connectivity index (χ1) is 14.8. The summed E-state index contributed by atoms with van der Waals surface area (Å²) in [4.78, 5) is 16.0. The highest BCUT2D eigenvalue weighted by Crippen LogP contribution is 2.42. The normalized spacial score (nSPS) is 14.0. The van der Waals surface area contributed by atoms with Crippen molar-refractivity contribution in [2.24, 2.45) is 0 Å². The fraction of sp³-hybridized carbons (Fsp3) is 0.190. The van der Waals surface area contributed by atoms with Crippen LogP contribution in [0.5, 0.6) is 0 Å². The molecular formula is C21H17N7OS. The Balaban J connectivity index is 1.36. The maximum Gasteiger partial charge on any atom is 0.278 e. The summed E-state index contributed by atoms with van der Waals surface area (Å²) in [5.41, 5.74) is 2.57. The molecule has 148 valence electrons. The number of nitrogens with zero attached hydrogens (tertiary/aromatic N) is 6. The van der Waals surface area contributed by atoms with Crippen LogP contribution in [0.4, 0.5) is 0 Å². The van der Waals surface area contributed by atoms with Crippen molar-refractivity contribution in [3.63, 3.8) is 0 Å². The molecule has 0 amide bonds. The van der Waals surface area contributed by atoms with Crippen LogP contribution >= 0.6 is 11.8 Å². The average molecular weight is 415 g/mol. The van der Waals surface area contributed by atoms with Gasteiger partial charge in [-0.25, -0.2) is 0 Å². The summed E-state index contributed by atoms with van der Waals surface area (Å²) in [5.74, 6) is 1.18. The molecule has 0 aliphatic heterocycles. The van der Waals surface area contributed by atoms with Crippen molar-refractivity contribution in [3.8, 4) is 11.4 Å². The van der Waals surface area contributed by atoms with E-state index in [0.29, 0.717) is 22.8 Å². The Kier molecular flexibility index (Phi) is 3.95. The minimum Gasteiger partial charge on any atom is -0.360 e. The second-order valence-electron chi connectivity index (χ2n) is 7.34. The molecule has 5 aromatic rings. The molecule has 0 atom stereocenters. The molecule has 0 unspecified atom stereocenters. The molecule has 0 saturated heterocycles. The van der Waals surface area contributed by atoms with Gasteiger partial charge >= 0.3 is 0 Å². The lowest BCUT2D eigenvalue weighted by Crippen LogP contribution is -2.23. The van der Waals surface area contributed by atoms with E-state index >= 15 is 0 Å². The highest BCUT2D eigenvalue weighted by molar-refractivity contribution is 7.98. The number of thioether (sulfide) groups is 1. The molecule has 8 nitrogen and oxygen atoms in total. The number of rotatable bonds is 5. The summed E-state index contributed by atoms with van der Waals surface area (Å²) in [6.07, 6.45) is 4.20. The predicted molar refractivity (Wildman–Crippen MR) is 115 cm³/mol. The minimum absolute atomic E-state index is 0.151. The lowest BCUT2D eigenvalue weighted by atomic mass is 10.1. The van der Waals surface area contributed by atoms with Gasteiger partial charge in [0.1, 0.15) is 5.52 Å². The molecule has 9 heteroatoms. The molecule has 1 aliphatic rings. The van der Waals surface area contributed by atoms with Crippen LogP contribution in [0.3, 0.4) is 0 Å². The highest BCUT2D eigenvalue weighted by Gasteiger charge is 2.31. The topological polar surface area (TPSA) is 94.3 Å². The number of aromatic amines is 1. The van der Waals surface area contributed by atoms with Crippen molar-refractivity contribution in [3.05, 3.63) is 65.1 Å². The number of benzene rings is 2. The lowest BCUT2D eigenvalue weighted by Gasteiger charge is -2.09. The zero-order valence-corrected chi connectivity index (χ0v) is 16.7. The number of fused-ring (bicyclic) bond motifs is 2. The van der Waals surface area contributed by atoms with Crippen LogP contribution in [0.25, 0.3) is 33.2 Å². The molecule has 0 spiro atoms. The Morgan fingerprint density at radius 3 is 2.67 bits per heavy atom. The first-order valence-corrected chi connectivity index (χ1v) is 10.7. The average Bonchev–Trinajstić information content (AvgIpc) is 3.39. The molecule has 1 aliphatic carbocycles. The van der Waals surface area contributed by atoms with Gasteiger partial charge in [-0.05, 0) is 31.0 Å². The number of hydrogen-bond donors (Lipinski definition) is 1. The standard InChI is InChI=1S/C21H17N7OS/c29-20-15-6-2-4-8-18(15)23-26-27(20)12-30-21-25-24-19(28(21)13-9-10-13)16-11-22-17-7-3-1-5-14(16)17/h1-8,11,13,22H,9-10,12H2. The molecule has 3 aromatic heterocycles. The fourth-order valence-electron chi connectivity index (χ4n) is 3.70. The Morgan fingerprint density at radius 2 is 1.80 bits per heavy atom. The summed E-state index contributed by atoms with van der Waals surface area (Å²) < 4.78 is 3.57. The zero-order valence-electron chi connectivity index (χ0n) is 15.9. The number of para-hydroxylation sites is 1. The van der Waals surface area contributed by atoms with Gasteiger partial charge < -0.3 is 4.98 Å². The first-order valence-electron chi connectivity index (χ1n) is 9.76. The molecule has 2 aromatic carbocycles. The van der Waals surface area contributed by atoms with Crippen LogP contribution in [-0.2, 0) is 5.88 Å². The fourth-order valence-corrected chi connectivity index (χ4v) is 4.58.